The fourth-order valence-electron chi connectivity index (χ4n) is 3.46. The van der Waals surface area contributed by atoms with Crippen molar-refractivity contribution in [2.45, 2.75) is 91.6 Å². The van der Waals surface area contributed by atoms with Gasteiger partial charge in [-0.3, -0.25) is 9.69 Å². The third kappa shape index (κ3) is 14.1. The molecule has 1 amide bonds. The Morgan fingerprint density at radius 3 is 2.18 bits per heavy atom. The summed E-state index contributed by atoms with van der Waals surface area (Å²) < 4.78 is 0. The standard InChI is InChI=1S/C11H23NO.C8H16N2O.C2H6.CH4O/c1-4-5-6-7-8-10(2)11(9-13)12-3;1-3-6-4-5-10(2)7(6)8(9)11;2*1-2/h9-12H,4-8H2,1-3H3;6-7H,3-5H2,1-2H3,(H2,9,11);1-2H3;2H,1H3. The average Bonchev–Trinajstić information content (AvgIpc) is 3.10. The summed E-state index contributed by atoms with van der Waals surface area (Å²) in [6.45, 7) is 11.5. The molecule has 0 aromatic rings. The van der Waals surface area contributed by atoms with Gasteiger partial charge < -0.3 is 21.0 Å². The minimum atomic E-state index is -0.170. The first-order valence-electron chi connectivity index (χ1n) is 11.0. The van der Waals surface area contributed by atoms with Crippen molar-refractivity contribution in [1.29, 1.82) is 0 Å². The largest absolute Gasteiger partial charge is 0.400 e. The number of unbranched alkanes of at least 4 members (excludes halogenated alkanes) is 3. The normalized spacial score (nSPS) is 20.3. The van der Waals surface area contributed by atoms with Gasteiger partial charge in [0.1, 0.15) is 6.29 Å². The van der Waals surface area contributed by atoms with Crippen LogP contribution in [0.3, 0.4) is 0 Å². The van der Waals surface area contributed by atoms with Gasteiger partial charge in [-0.25, -0.2) is 0 Å². The molecule has 4 unspecified atom stereocenters. The Morgan fingerprint density at radius 1 is 1.25 bits per heavy atom. The minimum absolute atomic E-state index is 0.0139. The zero-order valence-electron chi connectivity index (χ0n) is 19.8. The summed E-state index contributed by atoms with van der Waals surface area (Å²) in [6.07, 6.45) is 9.49. The fourth-order valence-corrected chi connectivity index (χ4v) is 3.46. The fraction of sp³-hybridized carbons (Fsp3) is 0.909. The molecule has 1 saturated heterocycles. The highest BCUT2D eigenvalue weighted by atomic mass is 16.2. The van der Waals surface area contributed by atoms with Crippen LogP contribution in [0, 0.1) is 11.8 Å². The lowest BCUT2D eigenvalue weighted by atomic mass is 9.96. The average molecular weight is 404 g/mol. The van der Waals surface area contributed by atoms with Crippen LogP contribution < -0.4 is 11.1 Å². The summed E-state index contributed by atoms with van der Waals surface area (Å²) in [5.74, 6) is 0.786. The molecule has 6 heteroatoms. The maximum absolute atomic E-state index is 11.0. The number of rotatable bonds is 10. The summed E-state index contributed by atoms with van der Waals surface area (Å²) in [7, 11) is 4.81. The van der Waals surface area contributed by atoms with Crippen LogP contribution in [-0.2, 0) is 9.59 Å². The van der Waals surface area contributed by atoms with Crippen LogP contribution in [0.1, 0.15) is 79.6 Å². The first-order valence-corrected chi connectivity index (χ1v) is 11.0. The molecule has 0 spiro atoms. The van der Waals surface area contributed by atoms with Crippen LogP contribution in [0.15, 0.2) is 0 Å². The first kappa shape index (κ1) is 31.7. The molecule has 28 heavy (non-hydrogen) atoms. The lowest BCUT2D eigenvalue weighted by Gasteiger charge is -2.20. The highest BCUT2D eigenvalue weighted by Gasteiger charge is 2.34. The molecule has 1 fully saturated rings. The van der Waals surface area contributed by atoms with Crippen LogP contribution in [-0.4, -0.2) is 62.0 Å². The van der Waals surface area contributed by atoms with Gasteiger partial charge in [0.15, 0.2) is 0 Å². The number of hydrogen-bond acceptors (Lipinski definition) is 5. The van der Waals surface area contributed by atoms with Gasteiger partial charge in [0.25, 0.3) is 0 Å². The number of nitrogens with zero attached hydrogens (tertiary/aromatic N) is 1. The quantitative estimate of drug-likeness (QED) is 0.384. The molecule has 170 valence electrons. The monoisotopic (exact) mass is 403 g/mol. The molecule has 0 radical (unpaired) electrons. The Bertz CT molecular complexity index is 354. The van der Waals surface area contributed by atoms with Gasteiger partial charge in [-0.1, -0.05) is 66.7 Å². The van der Waals surface area contributed by atoms with Gasteiger partial charge >= 0.3 is 0 Å². The zero-order chi connectivity index (χ0) is 22.5. The molecule has 1 heterocycles. The molecule has 0 aromatic heterocycles. The van der Waals surface area contributed by atoms with E-state index in [1.165, 1.54) is 25.7 Å². The highest BCUT2D eigenvalue weighted by Crippen LogP contribution is 2.24. The van der Waals surface area contributed by atoms with E-state index in [1.54, 1.807) is 0 Å². The predicted octanol–water partition coefficient (Wildman–Crippen LogP) is 3.22. The number of likely N-dealkylation sites (N-methyl/N-ethyl adjacent to an activating group) is 2. The van der Waals surface area contributed by atoms with Crippen LogP contribution >= 0.6 is 0 Å². The SMILES string of the molecule is CC.CCC1CCN(C)C1C(N)=O.CCCCCCC(C)C(C=O)NC.CO. The minimum Gasteiger partial charge on any atom is -0.400 e. The lowest BCUT2D eigenvalue weighted by molar-refractivity contribution is -0.123. The Morgan fingerprint density at radius 2 is 1.82 bits per heavy atom. The zero-order valence-corrected chi connectivity index (χ0v) is 19.8. The molecule has 4 N–H and O–H groups in total. The van der Waals surface area contributed by atoms with Gasteiger partial charge in [-0.15, -0.1) is 0 Å². The van der Waals surface area contributed by atoms with Crippen LogP contribution in [0.2, 0.25) is 0 Å². The topological polar surface area (TPSA) is 95.7 Å². The molecule has 0 aromatic carbocycles. The number of primary amides is 1. The number of hydrogen-bond donors (Lipinski definition) is 3. The van der Waals surface area contributed by atoms with Gasteiger partial charge in [-0.2, -0.15) is 0 Å². The van der Waals surface area contributed by atoms with Gasteiger partial charge in [0, 0.05) is 7.11 Å². The van der Waals surface area contributed by atoms with Crippen molar-refractivity contribution in [2.75, 3.05) is 27.7 Å². The van der Waals surface area contributed by atoms with Crippen molar-refractivity contribution < 1.29 is 14.7 Å². The van der Waals surface area contributed by atoms with Crippen molar-refractivity contribution in [3.8, 4) is 0 Å². The van der Waals surface area contributed by atoms with Gasteiger partial charge in [-0.05, 0) is 45.3 Å². The Balaban J connectivity index is -0.000000381. The van der Waals surface area contributed by atoms with E-state index in [9.17, 15) is 9.59 Å². The van der Waals surface area contributed by atoms with E-state index < -0.39 is 0 Å². The van der Waals surface area contributed by atoms with E-state index in [0.717, 1.165) is 39.2 Å². The van der Waals surface area contributed by atoms with Crippen molar-refractivity contribution in [2.24, 2.45) is 17.6 Å². The lowest BCUT2D eigenvalue weighted by Crippen LogP contribution is -2.41. The van der Waals surface area contributed by atoms with E-state index >= 15 is 0 Å². The van der Waals surface area contributed by atoms with Crippen molar-refractivity contribution in [3.63, 3.8) is 0 Å². The van der Waals surface area contributed by atoms with E-state index in [4.69, 9.17) is 10.8 Å². The summed E-state index contributed by atoms with van der Waals surface area (Å²) >= 11 is 0. The third-order valence-corrected chi connectivity index (χ3v) is 5.20. The number of carbonyl (C=O) groups is 2. The highest BCUT2D eigenvalue weighted by molar-refractivity contribution is 5.80. The van der Waals surface area contributed by atoms with E-state index in [0.29, 0.717) is 11.8 Å². The molecular formula is C22H49N3O3. The second-order valence-corrected chi connectivity index (χ2v) is 7.06. The second-order valence-electron chi connectivity index (χ2n) is 7.06. The maximum Gasteiger partial charge on any atom is 0.235 e. The van der Waals surface area contributed by atoms with E-state index in [-0.39, 0.29) is 18.0 Å². The summed E-state index contributed by atoms with van der Waals surface area (Å²) in [5.41, 5.74) is 5.27. The van der Waals surface area contributed by atoms with Crippen LogP contribution in [0.5, 0.6) is 0 Å². The van der Waals surface area contributed by atoms with E-state index in [2.05, 4.69) is 31.0 Å². The number of aldehydes is 1. The molecule has 0 aliphatic carbocycles. The third-order valence-electron chi connectivity index (χ3n) is 5.20. The predicted molar refractivity (Wildman–Crippen MR) is 120 cm³/mol. The number of amides is 1. The molecule has 0 saturated carbocycles. The number of nitrogens with one attached hydrogen (secondary N) is 1. The van der Waals surface area contributed by atoms with Crippen molar-refractivity contribution in [3.05, 3.63) is 0 Å². The smallest absolute Gasteiger partial charge is 0.235 e. The number of aliphatic hydroxyl groups excluding tert-OH is 1. The van der Waals surface area contributed by atoms with Crippen LogP contribution in [0.4, 0.5) is 0 Å². The molecule has 1 aliphatic heterocycles. The Kier molecular flexibility index (Phi) is 25.3. The van der Waals surface area contributed by atoms with Crippen molar-refractivity contribution >= 4 is 12.2 Å². The summed E-state index contributed by atoms with van der Waals surface area (Å²) in [5, 5.41) is 10.0. The van der Waals surface area contributed by atoms with Gasteiger partial charge in [0.05, 0.1) is 12.1 Å². The van der Waals surface area contributed by atoms with Crippen molar-refractivity contribution in [1.82, 2.24) is 10.2 Å². The molecular weight excluding hydrogens is 354 g/mol. The molecule has 0 bridgehead atoms. The molecule has 1 rings (SSSR count). The first-order chi connectivity index (χ1) is 13.4. The number of likely N-dealkylation sites (tertiary alicyclic amines) is 1. The van der Waals surface area contributed by atoms with Gasteiger partial charge in [0.2, 0.25) is 5.91 Å². The van der Waals surface area contributed by atoms with Crippen LogP contribution in [0.25, 0.3) is 0 Å². The molecule has 6 nitrogen and oxygen atoms in total. The second kappa shape index (κ2) is 22.3. The molecule has 4 atom stereocenters. The summed E-state index contributed by atoms with van der Waals surface area (Å²) in [4.78, 5) is 23.6. The Labute approximate surface area is 174 Å². The molecule has 1 aliphatic rings. The summed E-state index contributed by atoms with van der Waals surface area (Å²) in [6, 6.07) is 0.0293. The Hall–Kier alpha value is -0.980. The number of nitrogens with two attached hydrogens (primary N) is 1. The maximum atomic E-state index is 11.0. The number of carbonyl (C=O) groups excluding carboxylic acids is 2. The number of aliphatic hydroxyl groups is 1. The van der Waals surface area contributed by atoms with E-state index in [1.807, 2.05) is 27.9 Å².